The van der Waals surface area contributed by atoms with Crippen molar-refractivity contribution in [3.05, 3.63) is 47.9 Å². The second-order valence-electron chi connectivity index (χ2n) is 6.20. The monoisotopic (exact) mass is 379 g/mol. The molecule has 1 aliphatic rings. The van der Waals surface area contributed by atoms with E-state index in [9.17, 15) is 12.8 Å². The van der Waals surface area contributed by atoms with Gasteiger partial charge in [0.25, 0.3) is 0 Å². The summed E-state index contributed by atoms with van der Waals surface area (Å²) in [7, 11) is -3.48. The molecule has 0 saturated carbocycles. The van der Waals surface area contributed by atoms with Crippen LogP contribution in [0.1, 0.15) is 18.4 Å². The van der Waals surface area contributed by atoms with Crippen molar-refractivity contribution in [1.29, 1.82) is 0 Å². The van der Waals surface area contributed by atoms with Crippen LogP contribution in [-0.4, -0.2) is 44.8 Å². The van der Waals surface area contributed by atoms with Crippen LogP contribution < -0.4 is 14.9 Å². The molecule has 1 aliphatic heterocycles. The van der Waals surface area contributed by atoms with E-state index < -0.39 is 10.0 Å². The molecule has 1 fully saturated rings. The van der Waals surface area contributed by atoms with Gasteiger partial charge in [0.2, 0.25) is 10.0 Å². The summed E-state index contributed by atoms with van der Waals surface area (Å²) in [6.07, 6.45) is 4.10. The van der Waals surface area contributed by atoms with Crippen molar-refractivity contribution in [3.63, 3.8) is 0 Å². The number of nitrogens with zero attached hydrogens (tertiary/aromatic N) is 3. The lowest BCUT2D eigenvalue weighted by molar-refractivity contribution is 0.581. The van der Waals surface area contributed by atoms with Gasteiger partial charge >= 0.3 is 0 Å². The Morgan fingerprint density at radius 2 is 1.85 bits per heavy atom. The van der Waals surface area contributed by atoms with Gasteiger partial charge in [-0.3, -0.25) is 0 Å². The number of anilines is 2. The minimum Gasteiger partial charge on any atom is -0.370 e. The lowest BCUT2D eigenvalue weighted by atomic mass is 10.2. The zero-order valence-electron chi connectivity index (χ0n) is 14.4. The Morgan fingerprint density at radius 1 is 1.12 bits per heavy atom. The Balaban J connectivity index is 1.46. The van der Waals surface area contributed by atoms with E-state index in [1.54, 1.807) is 6.20 Å². The van der Waals surface area contributed by atoms with Crippen LogP contribution in [0.25, 0.3) is 0 Å². The molecule has 26 heavy (non-hydrogen) atoms. The Kier molecular flexibility index (Phi) is 6.00. The van der Waals surface area contributed by atoms with Crippen LogP contribution in [0, 0.1) is 5.82 Å². The first-order chi connectivity index (χ1) is 12.5. The van der Waals surface area contributed by atoms with Crippen LogP contribution in [0.3, 0.4) is 0 Å². The number of rotatable bonds is 8. The molecule has 140 valence electrons. The molecule has 0 radical (unpaired) electrons. The first kappa shape index (κ1) is 18.5. The molecule has 9 heteroatoms. The molecule has 1 aromatic carbocycles. The van der Waals surface area contributed by atoms with Gasteiger partial charge in [0, 0.05) is 32.2 Å². The smallest absolute Gasteiger partial charge is 0.215 e. The topological polar surface area (TPSA) is 87.2 Å². The van der Waals surface area contributed by atoms with Crippen LogP contribution in [0.4, 0.5) is 15.9 Å². The first-order valence-electron chi connectivity index (χ1n) is 8.55. The van der Waals surface area contributed by atoms with Gasteiger partial charge in [0.05, 0.1) is 17.6 Å². The molecule has 0 amide bonds. The van der Waals surface area contributed by atoms with Crippen molar-refractivity contribution < 1.29 is 12.8 Å². The fraction of sp³-hybridized carbons (Fsp3) is 0.412. The van der Waals surface area contributed by atoms with Gasteiger partial charge in [-0.2, -0.15) is 5.10 Å². The quantitative estimate of drug-likeness (QED) is 0.680. The molecular weight excluding hydrogens is 357 g/mol. The minimum absolute atomic E-state index is 0.183. The van der Waals surface area contributed by atoms with Gasteiger partial charge in [0.15, 0.2) is 5.82 Å². The summed E-state index contributed by atoms with van der Waals surface area (Å²) in [5, 5.41) is 11.1. The molecule has 2 aromatic rings. The van der Waals surface area contributed by atoms with Gasteiger partial charge in [-0.05, 0) is 30.5 Å². The molecule has 0 aliphatic carbocycles. The maximum atomic E-state index is 12.9. The highest BCUT2D eigenvalue weighted by Gasteiger charge is 2.14. The van der Waals surface area contributed by atoms with E-state index in [-0.39, 0.29) is 18.1 Å². The average Bonchev–Trinajstić information content (AvgIpc) is 3.16. The summed E-state index contributed by atoms with van der Waals surface area (Å²) < 4.78 is 39.5. The molecule has 2 heterocycles. The summed E-state index contributed by atoms with van der Waals surface area (Å²) >= 11 is 0. The first-order valence-corrected chi connectivity index (χ1v) is 10.2. The fourth-order valence-electron chi connectivity index (χ4n) is 2.84. The molecular formula is C17H22FN5O2S. The zero-order valence-corrected chi connectivity index (χ0v) is 15.2. The number of sulfonamides is 1. The lowest BCUT2D eigenvalue weighted by Gasteiger charge is -2.17. The predicted octanol–water partition coefficient (Wildman–Crippen LogP) is 1.75. The molecule has 2 N–H and O–H groups in total. The molecule has 1 aromatic heterocycles. The average molecular weight is 379 g/mol. The summed E-state index contributed by atoms with van der Waals surface area (Å²) in [5.41, 5.74) is 1.56. The number of hydrogen-bond acceptors (Lipinski definition) is 6. The summed E-state index contributed by atoms with van der Waals surface area (Å²) in [4.78, 5) is 2.26. The van der Waals surface area contributed by atoms with Gasteiger partial charge in [-0.15, -0.1) is 5.10 Å². The third-order valence-corrected chi connectivity index (χ3v) is 5.49. The SMILES string of the molecule is O=S(=O)(Cc1ccc(F)cc1)NCCNc1cc(N2CCCC2)cnn1. The maximum Gasteiger partial charge on any atom is 0.215 e. The summed E-state index contributed by atoms with van der Waals surface area (Å²) in [6, 6.07) is 7.35. The third kappa shape index (κ3) is 5.37. The molecule has 0 spiro atoms. The number of nitrogens with one attached hydrogen (secondary N) is 2. The molecule has 1 saturated heterocycles. The van der Waals surface area contributed by atoms with Gasteiger partial charge in [0.1, 0.15) is 5.82 Å². The lowest BCUT2D eigenvalue weighted by Crippen LogP contribution is -2.30. The minimum atomic E-state index is -3.48. The van der Waals surface area contributed by atoms with E-state index in [1.165, 1.54) is 37.1 Å². The molecule has 0 bridgehead atoms. The van der Waals surface area contributed by atoms with Crippen LogP contribution in [0.15, 0.2) is 36.5 Å². The fourth-order valence-corrected chi connectivity index (χ4v) is 3.99. The zero-order chi connectivity index (χ0) is 18.4. The molecule has 0 unspecified atom stereocenters. The number of halogens is 1. The predicted molar refractivity (Wildman–Crippen MR) is 99.0 cm³/mol. The number of hydrogen-bond donors (Lipinski definition) is 2. The molecule has 3 rings (SSSR count). The van der Waals surface area contributed by atoms with E-state index in [1.807, 2.05) is 6.07 Å². The standard InChI is InChI=1S/C17H22FN5O2S/c18-15-5-3-14(4-6-15)13-26(24,25)21-8-7-19-17-11-16(12-20-22-17)23-9-1-2-10-23/h3-6,11-12,21H,1-2,7-10,13H2,(H,19,22). The van der Waals surface area contributed by atoms with E-state index in [0.29, 0.717) is 17.9 Å². The maximum absolute atomic E-state index is 12.9. The summed E-state index contributed by atoms with van der Waals surface area (Å²) in [6.45, 7) is 2.66. The van der Waals surface area contributed by atoms with Crippen molar-refractivity contribution in [2.45, 2.75) is 18.6 Å². The van der Waals surface area contributed by atoms with E-state index in [4.69, 9.17) is 0 Å². The van der Waals surface area contributed by atoms with Crippen LogP contribution in [0.2, 0.25) is 0 Å². The Labute approximate surface area is 152 Å². The Hall–Kier alpha value is -2.26. The number of benzene rings is 1. The molecule has 0 atom stereocenters. The van der Waals surface area contributed by atoms with Crippen molar-refractivity contribution in [3.8, 4) is 0 Å². The van der Waals surface area contributed by atoms with E-state index >= 15 is 0 Å². The highest BCUT2D eigenvalue weighted by Crippen LogP contribution is 2.20. The van der Waals surface area contributed by atoms with Crippen LogP contribution >= 0.6 is 0 Å². The highest BCUT2D eigenvalue weighted by atomic mass is 32.2. The highest BCUT2D eigenvalue weighted by molar-refractivity contribution is 7.88. The van der Waals surface area contributed by atoms with E-state index in [2.05, 4.69) is 25.1 Å². The van der Waals surface area contributed by atoms with Crippen LogP contribution in [0.5, 0.6) is 0 Å². The second kappa shape index (κ2) is 8.41. The second-order valence-corrected chi connectivity index (χ2v) is 8.01. The van der Waals surface area contributed by atoms with Gasteiger partial charge in [-0.1, -0.05) is 12.1 Å². The van der Waals surface area contributed by atoms with Crippen molar-refractivity contribution in [2.24, 2.45) is 0 Å². The van der Waals surface area contributed by atoms with Crippen molar-refractivity contribution in [2.75, 3.05) is 36.4 Å². The van der Waals surface area contributed by atoms with E-state index in [0.717, 1.165) is 18.8 Å². The normalized spacial score (nSPS) is 14.6. The Bertz CT molecular complexity index is 823. The van der Waals surface area contributed by atoms with Crippen LogP contribution in [-0.2, 0) is 15.8 Å². The largest absolute Gasteiger partial charge is 0.370 e. The van der Waals surface area contributed by atoms with Gasteiger partial charge in [-0.25, -0.2) is 17.5 Å². The Morgan fingerprint density at radius 3 is 2.58 bits per heavy atom. The third-order valence-electron chi connectivity index (χ3n) is 4.13. The number of aromatic nitrogens is 2. The van der Waals surface area contributed by atoms with Gasteiger partial charge < -0.3 is 10.2 Å². The van der Waals surface area contributed by atoms with Crippen molar-refractivity contribution >= 4 is 21.5 Å². The molecule has 7 nitrogen and oxygen atoms in total. The summed E-state index contributed by atoms with van der Waals surface area (Å²) in [5.74, 6) is 0.0464. The van der Waals surface area contributed by atoms with Crippen molar-refractivity contribution in [1.82, 2.24) is 14.9 Å².